The monoisotopic (exact) mass is 376 g/mol. The third kappa shape index (κ3) is 5.11. The van der Waals surface area contributed by atoms with Crippen LogP contribution in [-0.2, 0) is 9.53 Å². The van der Waals surface area contributed by atoms with E-state index < -0.39 is 5.97 Å². The average molecular weight is 377 g/mol. The molecule has 0 spiro atoms. The minimum atomic E-state index is -0.429. The highest BCUT2D eigenvalue weighted by Gasteiger charge is 2.19. The van der Waals surface area contributed by atoms with Gasteiger partial charge in [-0.1, -0.05) is 44.2 Å². The number of benzene rings is 1. The first-order valence-electron chi connectivity index (χ1n) is 7.90. The normalized spacial score (nSPS) is 10.4. The van der Waals surface area contributed by atoms with Crippen molar-refractivity contribution < 1.29 is 14.3 Å². The Hall–Kier alpha value is -2.25. The molecule has 0 saturated heterocycles. The minimum Gasteiger partial charge on any atom is -0.462 e. The summed E-state index contributed by atoms with van der Waals surface area (Å²) in [4.78, 5) is 24.9. The Labute approximate surface area is 156 Å². The van der Waals surface area contributed by atoms with Gasteiger partial charge in [-0.05, 0) is 30.8 Å². The molecule has 0 unspecified atom stereocenters. The van der Waals surface area contributed by atoms with Gasteiger partial charge in [0.1, 0.15) is 5.00 Å². The summed E-state index contributed by atoms with van der Waals surface area (Å²) >= 11 is 6.56. The van der Waals surface area contributed by atoms with Crippen molar-refractivity contribution >= 4 is 45.5 Å². The van der Waals surface area contributed by atoms with Gasteiger partial charge in [-0.3, -0.25) is 4.79 Å². The summed E-state index contributed by atoms with van der Waals surface area (Å²) in [5.41, 5.74) is 1.38. The molecule has 132 valence electrons. The van der Waals surface area contributed by atoms with E-state index in [1.807, 2.05) is 30.3 Å². The topological polar surface area (TPSA) is 67.4 Å². The van der Waals surface area contributed by atoms with Crippen molar-refractivity contribution in [3.05, 3.63) is 42.0 Å². The lowest BCUT2D eigenvalue weighted by Gasteiger charge is -2.11. The van der Waals surface area contributed by atoms with Crippen molar-refractivity contribution in [2.45, 2.75) is 20.8 Å². The molecule has 5 nitrogen and oxygen atoms in total. The number of thiocarbonyl (C=S) groups is 1. The molecule has 0 saturated carbocycles. The van der Waals surface area contributed by atoms with Crippen LogP contribution >= 0.6 is 23.6 Å². The van der Waals surface area contributed by atoms with E-state index in [4.69, 9.17) is 17.0 Å². The first-order chi connectivity index (χ1) is 11.9. The van der Waals surface area contributed by atoms with Crippen LogP contribution in [0.5, 0.6) is 0 Å². The Balaban J connectivity index is 2.28. The number of esters is 1. The Bertz CT molecular complexity index is 770. The third-order valence-electron chi connectivity index (χ3n) is 3.27. The summed E-state index contributed by atoms with van der Waals surface area (Å²) in [5, 5.41) is 6.26. The molecule has 7 heteroatoms. The number of carbonyl (C=O) groups is 2. The molecule has 2 aromatic rings. The van der Waals surface area contributed by atoms with Crippen LogP contribution in [0, 0.1) is 5.92 Å². The van der Waals surface area contributed by atoms with Gasteiger partial charge in [0.05, 0.1) is 12.2 Å². The van der Waals surface area contributed by atoms with Gasteiger partial charge in [-0.25, -0.2) is 4.79 Å². The van der Waals surface area contributed by atoms with E-state index in [-0.39, 0.29) is 23.5 Å². The average Bonchev–Trinajstić information content (AvgIpc) is 2.99. The highest BCUT2D eigenvalue weighted by atomic mass is 32.1. The number of thiophene rings is 1. The first-order valence-corrected chi connectivity index (χ1v) is 9.13. The maximum atomic E-state index is 12.2. The molecule has 1 heterocycles. The van der Waals surface area contributed by atoms with Gasteiger partial charge < -0.3 is 15.4 Å². The van der Waals surface area contributed by atoms with Crippen molar-refractivity contribution in [2.75, 3.05) is 11.9 Å². The Morgan fingerprint density at radius 2 is 1.92 bits per heavy atom. The Morgan fingerprint density at radius 1 is 1.24 bits per heavy atom. The zero-order valence-corrected chi connectivity index (χ0v) is 15.9. The molecule has 0 radical (unpaired) electrons. The summed E-state index contributed by atoms with van der Waals surface area (Å²) in [5.74, 6) is -0.802. The van der Waals surface area contributed by atoms with E-state index in [0.717, 1.165) is 10.4 Å². The van der Waals surface area contributed by atoms with Gasteiger partial charge in [0.15, 0.2) is 5.11 Å². The van der Waals surface area contributed by atoms with E-state index in [1.54, 1.807) is 26.8 Å². The van der Waals surface area contributed by atoms with Crippen LogP contribution in [0.3, 0.4) is 0 Å². The molecular weight excluding hydrogens is 356 g/mol. The van der Waals surface area contributed by atoms with E-state index in [1.165, 1.54) is 11.3 Å². The summed E-state index contributed by atoms with van der Waals surface area (Å²) in [7, 11) is 0. The maximum Gasteiger partial charge on any atom is 0.341 e. The number of hydrogen-bond acceptors (Lipinski definition) is 5. The number of ether oxygens (including phenoxy) is 1. The molecule has 2 N–H and O–H groups in total. The lowest BCUT2D eigenvalue weighted by atomic mass is 10.1. The van der Waals surface area contributed by atoms with Gasteiger partial charge in [-0.2, -0.15) is 0 Å². The fourth-order valence-corrected chi connectivity index (χ4v) is 3.30. The van der Waals surface area contributed by atoms with Crippen LogP contribution in [0.2, 0.25) is 0 Å². The third-order valence-corrected chi connectivity index (χ3v) is 4.58. The van der Waals surface area contributed by atoms with Crippen LogP contribution in [0.25, 0.3) is 10.4 Å². The maximum absolute atomic E-state index is 12.2. The quantitative estimate of drug-likeness (QED) is 0.608. The van der Waals surface area contributed by atoms with Crippen molar-refractivity contribution in [3.8, 4) is 10.4 Å². The Morgan fingerprint density at radius 3 is 2.52 bits per heavy atom. The lowest BCUT2D eigenvalue weighted by Crippen LogP contribution is -2.36. The molecule has 25 heavy (non-hydrogen) atoms. The number of anilines is 1. The SMILES string of the molecule is CCOC(=O)c1cc(-c2ccccc2)sc1NC(=S)NC(=O)C(C)C. The molecule has 0 atom stereocenters. The molecule has 0 fully saturated rings. The van der Waals surface area contributed by atoms with Gasteiger partial charge in [0, 0.05) is 10.8 Å². The van der Waals surface area contributed by atoms with E-state index in [0.29, 0.717) is 10.6 Å². The zero-order chi connectivity index (χ0) is 18.4. The summed E-state index contributed by atoms with van der Waals surface area (Å²) in [6.45, 7) is 5.59. The largest absolute Gasteiger partial charge is 0.462 e. The highest BCUT2D eigenvalue weighted by molar-refractivity contribution is 7.80. The van der Waals surface area contributed by atoms with Crippen molar-refractivity contribution in [1.82, 2.24) is 5.32 Å². The van der Waals surface area contributed by atoms with Gasteiger partial charge >= 0.3 is 5.97 Å². The fourth-order valence-electron chi connectivity index (χ4n) is 1.98. The molecule has 0 aliphatic heterocycles. The summed E-state index contributed by atoms with van der Waals surface area (Å²) in [6, 6.07) is 11.5. The van der Waals surface area contributed by atoms with Crippen LogP contribution in [0.4, 0.5) is 5.00 Å². The van der Waals surface area contributed by atoms with Crippen molar-refractivity contribution in [1.29, 1.82) is 0 Å². The molecule has 2 rings (SSSR count). The van der Waals surface area contributed by atoms with Crippen molar-refractivity contribution in [2.24, 2.45) is 5.92 Å². The molecule has 1 amide bonds. The number of hydrogen-bond donors (Lipinski definition) is 2. The molecule has 0 aliphatic rings. The Kier molecular flexibility index (Phi) is 6.66. The highest BCUT2D eigenvalue weighted by Crippen LogP contribution is 2.35. The second kappa shape index (κ2) is 8.73. The number of amides is 1. The molecular formula is C18H20N2O3S2. The van der Waals surface area contributed by atoms with Crippen LogP contribution < -0.4 is 10.6 Å². The van der Waals surface area contributed by atoms with Gasteiger partial charge in [-0.15, -0.1) is 11.3 Å². The van der Waals surface area contributed by atoms with E-state index >= 15 is 0 Å². The second-order valence-electron chi connectivity index (χ2n) is 5.54. The number of carbonyl (C=O) groups excluding carboxylic acids is 2. The zero-order valence-electron chi connectivity index (χ0n) is 14.3. The second-order valence-corrected chi connectivity index (χ2v) is 7.00. The van der Waals surface area contributed by atoms with Crippen LogP contribution in [-0.4, -0.2) is 23.6 Å². The molecule has 1 aromatic heterocycles. The predicted molar refractivity (Wildman–Crippen MR) is 105 cm³/mol. The molecule has 0 bridgehead atoms. The minimum absolute atomic E-state index is 0.158. The van der Waals surface area contributed by atoms with Crippen molar-refractivity contribution in [3.63, 3.8) is 0 Å². The smallest absolute Gasteiger partial charge is 0.341 e. The van der Waals surface area contributed by atoms with E-state index in [9.17, 15) is 9.59 Å². The van der Waals surface area contributed by atoms with Gasteiger partial charge in [0.2, 0.25) is 5.91 Å². The molecule has 0 aliphatic carbocycles. The number of rotatable bonds is 5. The van der Waals surface area contributed by atoms with Crippen LogP contribution in [0.15, 0.2) is 36.4 Å². The number of nitrogens with one attached hydrogen (secondary N) is 2. The van der Waals surface area contributed by atoms with Gasteiger partial charge in [0.25, 0.3) is 0 Å². The lowest BCUT2D eigenvalue weighted by molar-refractivity contribution is -0.122. The first kappa shape index (κ1) is 19.1. The fraction of sp³-hybridized carbons (Fsp3) is 0.278. The van der Waals surface area contributed by atoms with Crippen LogP contribution in [0.1, 0.15) is 31.1 Å². The summed E-state index contributed by atoms with van der Waals surface area (Å²) in [6.07, 6.45) is 0. The summed E-state index contributed by atoms with van der Waals surface area (Å²) < 4.78 is 5.12. The van der Waals surface area contributed by atoms with E-state index in [2.05, 4.69) is 10.6 Å². The standard InChI is InChI=1S/C18H20N2O3S2/c1-4-23-17(22)13-10-14(12-8-6-5-7-9-12)25-16(13)20-18(24)19-15(21)11(2)3/h5-11H,4H2,1-3H3,(H2,19,20,21,24). The predicted octanol–water partition coefficient (Wildman–Crippen LogP) is 4.06. The molecule has 1 aromatic carbocycles.